The molecule has 3 aromatic heterocycles. The molecule has 0 bridgehead atoms. The van der Waals surface area contributed by atoms with Crippen LogP contribution in [0.1, 0.15) is 11.5 Å². The Bertz CT molecular complexity index is 955. The number of hydrogen-bond donors (Lipinski definition) is 1. The van der Waals surface area contributed by atoms with E-state index in [1.165, 1.54) is 0 Å². The summed E-state index contributed by atoms with van der Waals surface area (Å²) >= 11 is 5.97. The second-order valence-corrected chi connectivity index (χ2v) is 5.16. The van der Waals surface area contributed by atoms with Crippen molar-refractivity contribution in [2.45, 2.75) is 6.42 Å². The molecule has 0 radical (unpaired) electrons. The van der Waals surface area contributed by atoms with E-state index in [-0.39, 0.29) is 5.28 Å². The third-order valence-electron chi connectivity index (χ3n) is 3.57. The van der Waals surface area contributed by atoms with Gasteiger partial charge in [-0.1, -0.05) is 12.1 Å². The third kappa shape index (κ3) is 1.95. The SMILES string of the molecule is Cn1c(Cc2nc(Cl)nc3[nH]ncc23)nc2ccccc21. The molecule has 6 nitrogen and oxygen atoms in total. The Morgan fingerprint density at radius 3 is 2.90 bits per heavy atom. The van der Waals surface area contributed by atoms with Crippen molar-refractivity contribution in [3.05, 3.63) is 47.3 Å². The topological polar surface area (TPSA) is 72.3 Å². The van der Waals surface area contributed by atoms with E-state index in [4.69, 9.17) is 11.6 Å². The van der Waals surface area contributed by atoms with Gasteiger partial charge in [-0.3, -0.25) is 5.10 Å². The van der Waals surface area contributed by atoms with Crippen molar-refractivity contribution in [3.8, 4) is 0 Å². The smallest absolute Gasteiger partial charge is 0.224 e. The molecular formula is C14H11ClN6. The predicted molar refractivity (Wildman–Crippen MR) is 80.2 cm³/mol. The van der Waals surface area contributed by atoms with Gasteiger partial charge < -0.3 is 4.57 Å². The molecule has 104 valence electrons. The van der Waals surface area contributed by atoms with E-state index in [9.17, 15) is 0 Å². The van der Waals surface area contributed by atoms with Crippen molar-refractivity contribution in [1.82, 2.24) is 29.7 Å². The summed E-state index contributed by atoms with van der Waals surface area (Å²) in [5, 5.41) is 7.89. The van der Waals surface area contributed by atoms with E-state index < -0.39 is 0 Å². The second-order valence-electron chi connectivity index (χ2n) is 4.82. The van der Waals surface area contributed by atoms with Crippen LogP contribution in [0.3, 0.4) is 0 Å². The molecule has 3 heterocycles. The summed E-state index contributed by atoms with van der Waals surface area (Å²) in [4.78, 5) is 13.1. The number of halogens is 1. The molecule has 4 aromatic rings. The second kappa shape index (κ2) is 4.53. The highest BCUT2D eigenvalue weighted by Gasteiger charge is 2.13. The molecule has 4 rings (SSSR count). The maximum atomic E-state index is 5.97. The molecule has 1 N–H and O–H groups in total. The Morgan fingerprint density at radius 1 is 1.19 bits per heavy atom. The molecule has 1 aromatic carbocycles. The lowest BCUT2D eigenvalue weighted by atomic mass is 10.2. The lowest BCUT2D eigenvalue weighted by Gasteiger charge is -2.03. The minimum Gasteiger partial charge on any atom is -0.331 e. The molecule has 0 aliphatic heterocycles. The zero-order valence-electron chi connectivity index (χ0n) is 11.2. The molecule has 0 fully saturated rings. The summed E-state index contributed by atoms with van der Waals surface area (Å²) in [6.45, 7) is 0. The molecule has 0 unspecified atom stereocenters. The van der Waals surface area contributed by atoms with Crippen LogP contribution in [0.25, 0.3) is 22.1 Å². The van der Waals surface area contributed by atoms with E-state index in [0.29, 0.717) is 12.1 Å². The van der Waals surface area contributed by atoms with Crippen molar-refractivity contribution in [1.29, 1.82) is 0 Å². The average Bonchev–Trinajstić information content (AvgIpc) is 3.05. The molecule has 0 saturated heterocycles. The molecule has 0 aliphatic carbocycles. The maximum absolute atomic E-state index is 5.97. The van der Waals surface area contributed by atoms with Gasteiger partial charge in [0.2, 0.25) is 5.28 Å². The summed E-state index contributed by atoms with van der Waals surface area (Å²) in [5.74, 6) is 0.925. The number of nitrogens with one attached hydrogen (secondary N) is 1. The first-order chi connectivity index (χ1) is 10.2. The van der Waals surface area contributed by atoms with Crippen LogP contribution in [-0.4, -0.2) is 29.7 Å². The summed E-state index contributed by atoms with van der Waals surface area (Å²) in [5.41, 5.74) is 3.52. The van der Waals surface area contributed by atoms with Gasteiger partial charge in [-0.25, -0.2) is 9.97 Å². The third-order valence-corrected chi connectivity index (χ3v) is 3.74. The van der Waals surface area contributed by atoms with Gasteiger partial charge in [0.1, 0.15) is 5.82 Å². The van der Waals surface area contributed by atoms with Gasteiger partial charge >= 0.3 is 0 Å². The maximum Gasteiger partial charge on any atom is 0.224 e. The molecular weight excluding hydrogens is 288 g/mol. The highest BCUT2D eigenvalue weighted by Crippen LogP contribution is 2.21. The number of aromatic nitrogens is 6. The molecule has 0 saturated carbocycles. The minimum atomic E-state index is 0.209. The summed E-state index contributed by atoms with van der Waals surface area (Å²) in [6, 6.07) is 8.03. The lowest BCUT2D eigenvalue weighted by Crippen LogP contribution is -2.02. The largest absolute Gasteiger partial charge is 0.331 e. The van der Waals surface area contributed by atoms with Crippen LogP contribution in [-0.2, 0) is 13.5 Å². The highest BCUT2D eigenvalue weighted by atomic mass is 35.5. The average molecular weight is 299 g/mol. The Balaban J connectivity index is 1.86. The summed E-state index contributed by atoms with van der Waals surface area (Å²) in [6.07, 6.45) is 2.28. The van der Waals surface area contributed by atoms with Crippen molar-refractivity contribution < 1.29 is 0 Å². The van der Waals surface area contributed by atoms with Crippen molar-refractivity contribution in [3.63, 3.8) is 0 Å². The normalized spacial score (nSPS) is 11.5. The van der Waals surface area contributed by atoms with Crippen LogP contribution in [0.2, 0.25) is 5.28 Å². The quantitative estimate of drug-likeness (QED) is 0.577. The van der Waals surface area contributed by atoms with E-state index in [2.05, 4.69) is 29.7 Å². The van der Waals surface area contributed by atoms with E-state index in [1.807, 2.05) is 31.3 Å². The van der Waals surface area contributed by atoms with Crippen molar-refractivity contribution in [2.24, 2.45) is 7.05 Å². The van der Waals surface area contributed by atoms with Gasteiger partial charge in [-0.2, -0.15) is 10.1 Å². The highest BCUT2D eigenvalue weighted by molar-refractivity contribution is 6.28. The van der Waals surface area contributed by atoms with Crippen LogP contribution in [0, 0.1) is 0 Å². The van der Waals surface area contributed by atoms with Crippen LogP contribution in [0.5, 0.6) is 0 Å². The fourth-order valence-electron chi connectivity index (χ4n) is 2.50. The number of fused-ring (bicyclic) bond motifs is 2. The van der Waals surface area contributed by atoms with Gasteiger partial charge in [0.05, 0.1) is 28.3 Å². The Hall–Kier alpha value is -2.47. The van der Waals surface area contributed by atoms with E-state index in [1.54, 1.807) is 6.20 Å². The van der Waals surface area contributed by atoms with E-state index >= 15 is 0 Å². The number of aryl methyl sites for hydroxylation is 1. The lowest BCUT2D eigenvalue weighted by molar-refractivity contribution is 0.834. The number of benzene rings is 1. The van der Waals surface area contributed by atoms with Crippen LogP contribution in [0.4, 0.5) is 0 Å². The Morgan fingerprint density at radius 2 is 2.05 bits per heavy atom. The molecule has 21 heavy (non-hydrogen) atoms. The number of hydrogen-bond acceptors (Lipinski definition) is 4. The number of aromatic amines is 1. The van der Waals surface area contributed by atoms with Gasteiger partial charge in [-0.15, -0.1) is 0 Å². The van der Waals surface area contributed by atoms with Crippen molar-refractivity contribution in [2.75, 3.05) is 0 Å². The first-order valence-electron chi connectivity index (χ1n) is 6.48. The number of rotatable bonds is 2. The van der Waals surface area contributed by atoms with Crippen LogP contribution in [0.15, 0.2) is 30.5 Å². The van der Waals surface area contributed by atoms with Gasteiger partial charge in [0.15, 0.2) is 5.65 Å². The number of nitrogens with zero attached hydrogens (tertiary/aromatic N) is 5. The first kappa shape index (κ1) is 12.3. The minimum absolute atomic E-state index is 0.209. The van der Waals surface area contributed by atoms with Crippen LogP contribution >= 0.6 is 11.6 Å². The Kier molecular flexibility index (Phi) is 2.65. The molecule has 0 aliphatic rings. The summed E-state index contributed by atoms with van der Waals surface area (Å²) in [7, 11) is 2.00. The summed E-state index contributed by atoms with van der Waals surface area (Å²) < 4.78 is 2.07. The zero-order chi connectivity index (χ0) is 14.4. The van der Waals surface area contributed by atoms with Crippen LogP contribution < -0.4 is 0 Å². The monoisotopic (exact) mass is 298 g/mol. The van der Waals surface area contributed by atoms with Gasteiger partial charge in [0, 0.05) is 13.5 Å². The van der Waals surface area contributed by atoms with Gasteiger partial charge in [-0.05, 0) is 23.7 Å². The standard InChI is InChI=1S/C14H11ClN6/c1-21-11-5-3-2-4-9(11)17-12(21)6-10-8-7-16-20-13(8)19-14(15)18-10/h2-5,7H,6H2,1H3,(H,16,18,19,20). The molecule has 0 spiro atoms. The van der Waals surface area contributed by atoms with E-state index in [0.717, 1.165) is 27.9 Å². The fraction of sp³-hybridized carbons (Fsp3) is 0.143. The van der Waals surface area contributed by atoms with Gasteiger partial charge in [0.25, 0.3) is 0 Å². The first-order valence-corrected chi connectivity index (χ1v) is 6.86. The molecule has 0 atom stereocenters. The molecule has 0 amide bonds. The molecule has 7 heteroatoms. The predicted octanol–water partition coefficient (Wildman–Crippen LogP) is 2.48. The number of H-pyrrole nitrogens is 1. The zero-order valence-corrected chi connectivity index (χ0v) is 12.0. The Labute approximate surface area is 124 Å². The number of imidazole rings is 1. The fourth-order valence-corrected chi connectivity index (χ4v) is 2.69. The number of para-hydroxylation sites is 2. The van der Waals surface area contributed by atoms with Crippen molar-refractivity contribution >= 4 is 33.7 Å².